The van der Waals surface area contributed by atoms with Crippen molar-refractivity contribution in [1.82, 2.24) is 29.5 Å². The van der Waals surface area contributed by atoms with Crippen LogP contribution in [0.2, 0.25) is 0 Å². The maximum atomic E-state index is 12.8. The molecule has 1 N–H and O–H groups in total. The summed E-state index contributed by atoms with van der Waals surface area (Å²) in [4.78, 5) is 24.6. The number of fused-ring (bicyclic) bond motifs is 2. The average Bonchev–Trinajstić information content (AvgIpc) is 3.67. The van der Waals surface area contributed by atoms with Gasteiger partial charge in [0.2, 0.25) is 0 Å². The molecule has 6 rings (SSSR count). The number of anilines is 1. The zero-order valence-corrected chi connectivity index (χ0v) is 21.0. The van der Waals surface area contributed by atoms with Gasteiger partial charge in [0.15, 0.2) is 5.65 Å². The molecule has 0 bridgehead atoms. The Morgan fingerprint density at radius 1 is 1.19 bits per heavy atom. The molecule has 0 unspecified atom stereocenters. The lowest BCUT2D eigenvalue weighted by molar-refractivity contribution is 0.0528. The van der Waals surface area contributed by atoms with E-state index in [2.05, 4.69) is 44.3 Å². The predicted octanol–water partition coefficient (Wildman–Crippen LogP) is 4.09. The van der Waals surface area contributed by atoms with E-state index in [4.69, 9.17) is 14.7 Å². The topological polar surface area (TPSA) is 89.6 Å². The number of nitrogens with zero attached hydrogens (tertiary/aromatic N) is 6. The molecule has 1 fully saturated rings. The molecule has 1 saturated heterocycles. The molecule has 5 heterocycles. The molecule has 9 heteroatoms. The molecule has 1 aliphatic rings. The molecule has 1 aromatic carbocycles. The first-order chi connectivity index (χ1) is 18.1. The normalized spacial score (nSPS) is 15.5. The summed E-state index contributed by atoms with van der Waals surface area (Å²) in [5.41, 5.74) is 4.66. The van der Waals surface area contributed by atoms with Crippen molar-refractivity contribution >= 4 is 28.5 Å². The highest BCUT2D eigenvalue weighted by molar-refractivity contribution is 5.98. The van der Waals surface area contributed by atoms with Crippen LogP contribution >= 0.6 is 0 Å². The third-order valence-corrected chi connectivity index (χ3v) is 6.90. The lowest BCUT2D eigenvalue weighted by Gasteiger charge is -2.21. The van der Waals surface area contributed by atoms with Gasteiger partial charge in [0.1, 0.15) is 17.0 Å². The number of benzene rings is 1. The zero-order valence-electron chi connectivity index (χ0n) is 21.0. The number of esters is 1. The zero-order chi connectivity index (χ0) is 25.4. The molecule has 1 aliphatic heterocycles. The van der Waals surface area contributed by atoms with Crippen molar-refractivity contribution < 1.29 is 9.53 Å². The molecule has 0 radical (unpaired) electrons. The maximum Gasteiger partial charge on any atom is 0.343 e. The van der Waals surface area contributed by atoms with E-state index in [1.807, 2.05) is 43.6 Å². The van der Waals surface area contributed by atoms with E-state index >= 15 is 0 Å². The predicted molar refractivity (Wildman–Crippen MR) is 143 cm³/mol. The number of hydrogen-bond donors (Lipinski definition) is 1. The summed E-state index contributed by atoms with van der Waals surface area (Å²) >= 11 is 0. The summed E-state index contributed by atoms with van der Waals surface area (Å²) in [5, 5.41) is 9.01. The van der Waals surface area contributed by atoms with E-state index in [9.17, 15) is 4.79 Å². The van der Waals surface area contributed by atoms with Crippen molar-refractivity contribution in [2.24, 2.45) is 0 Å². The highest BCUT2D eigenvalue weighted by Gasteiger charge is 2.24. The summed E-state index contributed by atoms with van der Waals surface area (Å²) in [5.74, 6) is 0.395. The Morgan fingerprint density at radius 2 is 2.05 bits per heavy atom. The van der Waals surface area contributed by atoms with E-state index in [0.717, 1.165) is 47.6 Å². The summed E-state index contributed by atoms with van der Waals surface area (Å²) < 4.78 is 9.29. The third kappa shape index (κ3) is 4.21. The first-order valence-electron chi connectivity index (χ1n) is 12.6. The molecular formula is C28H29N7O2. The molecule has 1 atom stereocenters. The Bertz CT molecular complexity index is 1570. The average molecular weight is 496 g/mol. The minimum Gasteiger partial charge on any atom is -0.462 e. The van der Waals surface area contributed by atoms with Crippen LogP contribution in [0.5, 0.6) is 0 Å². The second kappa shape index (κ2) is 9.67. The van der Waals surface area contributed by atoms with Crippen LogP contribution in [-0.4, -0.2) is 56.9 Å². The first kappa shape index (κ1) is 23.2. The second-order valence-electron chi connectivity index (χ2n) is 9.33. The smallest absolute Gasteiger partial charge is 0.343 e. The standard InChI is InChI=1S/C28H29N7O2/c1-3-37-28(36)22-16-31-35-25(33(2)17-19-8-5-4-6-9-19)14-24(32-27(22)35)23-18-34(20-11-13-29-15-20)26-21(23)10-7-12-30-26/h4-10,12,14,16,18,20,29H,3,11,13,15,17H2,1-2H3/t20-/m1/s1. The Morgan fingerprint density at radius 3 is 2.84 bits per heavy atom. The molecule has 9 nitrogen and oxygen atoms in total. The van der Waals surface area contributed by atoms with Crippen molar-refractivity contribution in [2.45, 2.75) is 25.9 Å². The van der Waals surface area contributed by atoms with Crippen molar-refractivity contribution in [3.8, 4) is 11.3 Å². The van der Waals surface area contributed by atoms with Gasteiger partial charge in [0.05, 0.1) is 18.5 Å². The van der Waals surface area contributed by atoms with Gasteiger partial charge in [0.25, 0.3) is 0 Å². The van der Waals surface area contributed by atoms with Crippen LogP contribution in [0.25, 0.3) is 27.9 Å². The number of pyridine rings is 1. The molecular weight excluding hydrogens is 466 g/mol. The Kier molecular flexibility index (Phi) is 6.05. The summed E-state index contributed by atoms with van der Waals surface area (Å²) in [6, 6.07) is 16.7. The summed E-state index contributed by atoms with van der Waals surface area (Å²) in [6.45, 7) is 4.65. The number of ether oxygens (including phenoxy) is 1. The number of aromatic nitrogens is 5. The minimum absolute atomic E-state index is 0.283. The number of hydrogen-bond acceptors (Lipinski definition) is 7. The largest absolute Gasteiger partial charge is 0.462 e. The minimum atomic E-state index is -0.431. The van der Waals surface area contributed by atoms with E-state index in [-0.39, 0.29) is 6.61 Å². The highest BCUT2D eigenvalue weighted by atomic mass is 16.5. The maximum absolute atomic E-state index is 12.8. The Balaban J connectivity index is 1.53. The fraction of sp³-hybridized carbons (Fsp3) is 0.286. The molecule has 4 aromatic heterocycles. The quantitative estimate of drug-likeness (QED) is 0.340. The first-order valence-corrected chi connectivity index (χ1v) is 12.6. The molecule has 0 aliphatic carbocycles. The molecule has 0 amide bonds. The number of carbonyl (C=O) groups is 1. The van der Waals surface area contributed by atoms with Crippen molar-refractivity contribution in [3.63, 3.8) is 0 Å². The summed E-state index contributed by atoms with van der Waals surface area (Å²) in [6.07, 6.45) is 6.57. The fourth-order valence-corrected chi connectivity index (χ4v) is 5.09. The van der Waals surface area contributed by atoms with Crippen LogP contribution < -0.4 is 10.2 Å². The molecule has 188 valence electrons. The van der Waals surface area contributed by atoms with E-state index < -0.39 is 5.97 Å². The van der Waals surface area contributed by atoms with Gasteiger partial charge in [-0.05, 0) is 37.6 Å². The SMILES string of the molecule is CCOC(=O)c1cnn2c(N(C)Cc3ccccc3)cc(-c3cn([C@@H]4CCNC4)c4ncccc34)nc12. The van der Waals surface area contributed by atoms with Gasteiger partial charge in [-0.25, -0.2) is 14.8 Å². The number of rotatable bonds is 7. The lowest BCUT2D eigenvalue weighted by Crippen LogP contribution is -2.20. The van der Waals surface area contributed by atoms with Gasteiger partial charge < -0.3 is 19.5 Å². The van der Waals surface area contributed by atoms with E-state index in [1.54, 1.807) is 17.6 Å². The van der Waals surface area contributed by atoms with Gasteiger partial charge in [-0.2, -0.15) is 9.61 Å². The Hall–Kier alpha value is -4.24. The molecule has 5 aromatic rings. The van der Waals surface area contributed by atoms with Crippen LogP contribution in [-0.2, 0) is 11.3 Å². The van der Waals surface area contributed by atoms with Crippen LogP contribution in [0.1, 0.15) is 35.3 Å². The molecule has 0 saturated carbocycles. The van der Waals surface area contributed by atoms with Crippen LogP contribution in [0.3, 0.4) is 0 Å². The highest BCUT2D eigenvalue weighted by Crippen LogP contribution is 2.34. The second-order valence-corrected chi connectivity index (χ2v) is 9.33. The lowest BCUT2D eigenvalue weighted by atomic mass is 10.1. The van der Waals surface area contributed by atoms with Crippen molar-refractivity contribution in [2.75, 3.05) is 31.6 Å². The van der Waals surface area contributed by atoms with E-state index in [1.165, 1.54) is 5.56 Å². The number of nitrogens with one attached hydrogen (secondary N) is 1. The van der Waals surface area contributed by atoms with Gasteiger partial charge in [-0.15, -0.1) is 0 Å². The van der Waals surface area contributed by atoms with Gasteiger partial charge in [-0.1, -0.05) is 30.3 Å². The van der Waals surface area contributed by atoms with Crippen LogP contribution in [0.15, 0.2) is 67.1 Å². The van der Waals surface area contributed by atoms with Crippen LogP contribution in [0.4, 0.5) is 5.82 Å². The molecule has 37 heavy (non-hydrogen) atoms. The van der Waals surface area contributed by atoms with E-state index in [0.29, 0.717) is 23.8 Å². The fourth-order valence-electron chi connectivity index (χ4n) is 5.09. The number of carbonyl (C=O) groups excluding carboxylic acids is 1. The Labute approximate surface area is 214 Å². The van der Waals surface area contributed by atoms with Crippen molar-refractivity contribution in [3.05, 3.63) is 78.2 Å². The third-order valence-electron chi connectivity index (χ3n) is 6.90. The summed E-state index contributed by atoms with van der Waals surface area (Å²) in [7, 11) is 2.02. The van der Waals surface area contributed by atoms with Gasteiger partial charge >= 0.3 is 5.97 Å². The van der Waals surface area contributed by atoms with Crippen molar-refractivity contribution in [1.29, 1.82) is 0 Å². The molecule has 0 spiro atoms. The van der Waals surface area contributed by atoms with Gasteiger partial charge in [-0.3, -0.25) is 0 Å². The van der Waals surface area contributed by atoms with Crippen LogP contribution in [0, 0.1) is 0 Å². The monoisotopic (exact) mass is 495 g/mol. The van der Waals surface area contributed by atoms with Gasteiger partial charge in [0, 0.05) is 55.6 Å².